The number of pyridine rings is 2. The van der Waals surface area contributed by atoms with Crippen LogP contribution < -0.4 is 37.3 Å². The van der Waals surface area contributed by atoms with Gasteiger partial charge in [0.05, 0.1) is 29.0 Å². The summed E-state index contributed by atoms with van der Waals surface area (Å²) < 4.78 is 28.9. The van der Waals surface area contributed by atoms with Crippen molar-refractivity contribution in [2.24, 2.45) is 11.7 Å². The van der Waals surface area contributed by atoms with E-state index in [2.05, 4.69) is 21.3 Å². The lowest BCUT2D eigenvalue weighted by molar-refractivity contribution is -0.175. The van der Waals surface area contributed by atoms with Gasteiger partial charge in [0.25, 0.3) is 17.4 Å². The SMILES string of the molecule is CC[C@@]1(OC(=O)OCc2ccc(NC(=O)[C@H](CCCNC(N)=O)NC(=O)[C@@H](NC(=O)CCCCCN3C(=O)C=CC3=O)C(C)C)cc2)C(=O)OCc2c1cc1n(c2=O)Cc2cc3cc(OC(=O)OC(C)(C)C)ccc3nc2-1. The van der Waals surface area contributed by atoms with Crippen LogP contribution in [0.3, 0.4) is 0 Å². The van der Waals surface area contributed by atoms with Crippen LogP contribution in [-0.2, 0) is 73.1 Å². The van der Waals surface area contributed by atoms with Gasteiger partial charge >= 0.3 is 24.3 Å². The summed E-state index contributed by atoms with van der Waals surface area (Å²) in [5.74, 6) is -3.39. The van der Waals surface area contributed by atoms with Gasteiger partial charge in [-0.05, 0) is 107 Å². The van der Waals surface area contributed by atoms with E-state index in [1.54, 1.807) is 77.9 Å². The predicted octanol–water partition coefficient (Wildman–Crippen LogP) is 5.25. The van der Waals surface area contributed by atoms with E-state index in [1.165, 1.54) is 28.9 Å². The summed E-state index contributed by atoms with van der Waals surface area (Å²) in [4.78, 5) is 135. The molecule has 2 aromatic heterocycles. The normalized spacial score (nSPS) is 16.1. The highest BCUT2D eigenvalue weighted by Crippen LogP contribution is 2.41. The Labute approximate surface area is 442 Å². The third kappa shape index (κ3) is 13.6. The maximum Gasteiger partial charge on any atom is 0.514 e. The molecule has 23 nitrogen and oxygen atoms in total. The fraction of sp³-hybridized carbons (Fsp3) is 0.426. The first-order valence-corrected chi connectivity index (χ1v) is 25.3. The number of hydrogen-bond acceptors (Lipinski definition) is 16. The number of unbranched alkanes of at least 4 members (excludes halogenated alkanes) is 2. The van der Waals surface area contributed by atoms with Crippen LogP contribution in [0.4, 0.5) is 20.1 Å². The van der Waals surface area contributed by atoms with Gasteiger partial charge in [-0.15, -0.1) is 0 Å². The van der Waals surface area contributed by atoms with Gasteiger partial charge in [-0.2, -0.15) is 0 Å². The Morgan fingerprint density at radius 1 is 0.870 bits per heavy atom. The average Bonchev–Trinajstić information content (AvgIpc) is 3.90. The van der Waals surface area contributed by atoms with Crippen LogP contribution in [0.5, 0.6) is 5.75 Å². The quantitative estimate of drug-likeness (QED) is 0.0206. The topological polar surface area (TPSA) is 312 Å². The largest absolute Gasteiger partial charge is 0.514 e. The van der Waals surface area contributed by atoms with E-state index in [0.29, 0.717) is 58.4 Å². The molecule has 7 rings (SSSR count). The molecular weight excluding hydrogens is 1000 g/mol. The number of urea groups is 1. The molecule has 0 fully saturated rings. The molecule has 4 aromatic rings. The van der Waals surface area contributed by atoms with Gasteiger partial charge < -0.3 is 55.3 Å². The van der Waals surface area contributed by atoms with Crippen molar-refractivity contribution in [1.82, 2.24) is 30.4 Å². The highest BCUT2D eigenvalue weighted by molar-refractivity contribution is 6.12. The Morgan fingerprint density at radius 3 is 2.27 bits per heavy atom. The lowest BCUT2D eigenvalue weighted by atomic mass is 9.85. The molecule has 0 saturated carbocycles. The average molecular weight is 1060 g/mol. The van der Waals surface area contributed by atoms with Gasteiger partial charge in [-0.1, -0.05) is 39.3 Å². The second kappa shape index (κ2) is 23.9. The molecule has 0 radical (unpaired) electrons. The molecule has 7 amide bonds. The number of imide groups is 1. The third-order valence-corrected chi connectivity index (χ3v) is 12.9. The monoisotopic (exact) mass is 1060 g/mol. The number of amides is 7. The number of primary amides is 1. The van der Waals surface area contributed by atoms with Crippen LogP contribution in [-0.4, -0.2) is 99.1 Å². The van der Waals surface area contributed by atoms with Crippen molar-refractivity contribution in [3.8, 4) is 17.1 Å². The molecule has 0 spiro atoms. The summed E-state index contributed by atoms with van der Waals surface area (Å²) in [6.45, 7) is 10.0. The first kappa shape index (κ1) is 56.1. The lowest BCUT2D eigenvalue weighted by Gasteiger charge is -2.35. The minimum atomic E-state index is -2.05. The van der Waals surface area contributed by atoms with Gasteiger partial charge in [0.15, 0.2) is 0 Å². The molecule has 3 atom stereocenters. The minimum absolute atomic E-state index is 0.0784. The number of rotatable bonds is 21. The van der Waals surface area contributed by atoms with Crippen LogP contribution in [0.2, 0.25) is 0 Å². The molecule has 3 aliphatic heterocycles. The van der Waals surface area contributed by atoms with Crippen molar-refractivity contribution in [1.29, 1.82) is 0 Å². The highest BCUT2D eigenvalue weighted by Gasteiger charge is 2.51. The summed E-state index contributed by atoms with van der Waals surface area (Å²) >= 11 is 0. The molecule has 77 heavy (non-hydrogen) atoms. The number of hydrogen-bond donors (Lipinski definition) is 5. The van der Waals surface area contributed by atoms with Crippen molar-refractivity contribution >= 4 is 70.4 Å². The van der Waals surface area contributed by atoms with Crippen molar-refractivity contribution in [2.75, 3.05) is 18.4 Å². The van der Waals surface area contributed by atoms with E-state index in [1.807, 2.05) is 6.07 Å². The molecule has 2 aromatic carbocycles. The molecule has 0 unspecified atom stereocenters. The van der Waals surface area contributed by atoms with E-state index in [9.17, 15) is 47.9 Å². The van der Waals surface area contributed by atoms with Gasteiger partial charge in [0.1, 0.15) is 36.6 Å². The second-order valence-corrected chi connectivity index (χ2v) is 20.1. The van der Waals surface area contributed by atoms with E-state index >= 15 is 0 Å². The number of nitrogens with two attached hydrogens (primary N) is 1. The Bertz CT molecular complexity index is 3070. The fourth-order valence-corrected chi connectivity index (χ4v) is 8.99. The Hall–Kier alpha value is -8.63. The summed E-state index contributed by atoms with van der Waals surface area (Å²) in [7, 11) is 0. The number of aromatic nitrogens is 2. The molecular formula is C54H62N8O15. The molecule has 5 heterocycles. The van der Waals surface area contributed by atoms with Crippen LogP contribution in [0.25, 0.3) is 22.3 Å². The van der Waals surface area contributed by atoms with Gasteiger partial charge in [-0.25, -0.2) is 24.2 Å². The highest BCUT2D eigenvalue weighted by atomic mass is 16.7. The third-order valence-electron chi connectivity index (χ3n) is 12.9. The molecule has 0 aliphatic carbocycles. The van der Waals surface area contributed by atoms with E-state index in [4.69, 9.17) is 34.4 Å². The van der Waals surface area contributed by atoms with Crippen LogP contribution >= 0.6 is 0 Å². The Balaban J connectivity index is 0.966. The number of ether oxygens (including phenoxy) is 5. The Kier molecular flexibility index (Phi) is 17.4. The maximum absolute atomic E-state index is 14.1. The number of fused-ring (bicyclic) bond motifs is 5. The van der Waals surface area contributed by atoms with Crippen LogP contribution in [0.1, 0.15) is 109 Å². The molecule has 408 valence electrons. The second-order valence-electron chi connectivity index (χ2n) is 20.1. The predicted molar refractivity (Wildman–Crippen MR) is 275 cm³/mol. The number of benzene rings is 2. The lowest BCUT2D eigenvalue weighted by Crippen LogP contribution is -2.54. The zero-order valence-electron chi connectivity index (χ0n) is 43.6. The maximum atomic E-state index is 14.1. The number of nitrogens with one attached hydrogen (secondary N) is 4. The smallest absolute Gasteiger partial charge is 0.457 e. The number of esters is 1. The summed E-state index contributed by atoms with van der Waals surface area (Å²) in [5, 5.41) is 11.3. The van der Waals surface area contributed by atoms with E-state index < -0.39 is 70.9 Å². The standard InChI is InChI=1S/C54H62N8O15/c1-7-54(37-26-40-45-33(27-62(40)48(68)36(37)29-73-49(54)69)24-32-25-35(18-19-38(32)58-45)75-52(72)76-53(4,5)6)77-51(71)74-28-31-14-16-34(17-15-31)57-46(66)39(12-11-22-56-50(55)70)59-47(67)44(30(2)3)60-41(63)13-9-8-10-23-61-42(64)20-21-43(61)65/h14-21,24-26,30,39,44H,7-13,22-23,27-29H2,1-6H3,(H,57,66)(H,59,67)(H,60,63)(H3,55,56,70)/t39-,44-,54-/m0/s1. The van der Waals surface area contributed by atoms with Crippen molar-refractivity contribution in [3.05, 3.63) is 99.4 Å². The summed E-state index contributed by atoms with van der Waals surface area (Å²) in [6, 6.07) is 11.6. The van der Waals surface area contributed by atoms with Crippen molar-refractivity contribution in [2.45, 2.75) is 130 Å². The zero-order valence-corrected chi connectivity index (χ0v) is 43.6. The molecule has 23 heteroatoms. The van der Waals surface area contributed by atoms with Crippen LogP contribution in [0.15, 0.2) is 71.5 Å². The van der Waals surface area contributed by atoms with E-state index in [-0.39, 0.29) is 93.1 Å². The number of cyclic esters (lactones) is 1. The van der Waals surface area contributed by atoms with Crippen molar-refractivity contribution in [3.63, 3.8) is 0 Å². The van der Waals surface area contributed by atoms with Crippen LogP contribution in [0, 0.1) is 5.92 Å². The first-order valence-electron chi connectivity index (χ1n) is 25.3. The summed E-state index contributed by atoms with van der Waals surface area (Å²) in [5.41, 5.74) is 5.03. The van der Waals surface area contributed by atoms with E-state index in [0.717, 1.165) is 4.90 Å². The molecule has 0 saturated heterocycles. The number of carbonyl (C=O) groups excluding carboxylic acids is 9. The Morgan fingerprint density at radius 2 is 1.60 bits per heavy atom. The zero-order chi connectivity index (χ0) is 55.8. The summed E-state index contributed by atoms with van der Waals surface area (Å²) in [6.07, 6.45) is 2.13. The van der Waals surface area contributed by atoms with Gasteiger partial charge in [0.2, 0.25) is 23.3 Å². The number of nitrogens with zero attached hydrogens (tertiary/aromatic N) is 3. The fourth-order valence-electron chi connectivity index (χ4n) is 8.99. The van der Waals surface area contributed by atoms with Gasteiger partial charge in [0, 0.05) is 53.9 Å². The molecule has 0 bridgehead atoms. The number of anilines is 1. The number of carbonyl (C=O) groups is 9. The molecule has 3 aliphatic rings. The first-order chi connectivity index (χ1) is 36.5. The van der Waals surface area contributed by atoms with Gasteiger partial charge in [-0.3, -0.25) is 33.7 Å². The molecule has 6 N–H and O–H groups in total. The minimum Gasteiger partial charge on any atom is -0.457 e. The van der Waals surface area contributed by atoms with Crippen molar-refractivity contribution < 1.29 is 66.8 Å².